The zero-order valence-electron chi connectivity index (χ0n) is 33.6. The SMILES string of the molecule is Cc1ccccc1-c1ccc(CCC2CC(CCc3ccc(-c4ccccc4C)[n+](C)c3)CC(CCc3ccc(-c4ccccc4C)[n+](C)c3)C2)c[n+]1C. The summed E-state index contributed by atoms with van der Waals surface area (Å²) in [5.41, 5.74) is 16.2. The molecule has 0 saturated heterocycles. The minimum Gasteiger partial charge on any atom is -0.201 e. The summed E-state index contributed by atoms with van der Waals surface area (Å²) in [6.07, 6.45) is 18.5. The first kappa shape index (κ1) is 37.4. The van der Waals surface area contributed by atoms with Crippen molar-refractivity contribution in [2.75, 3.05) is 0 Å². The predicted octanol–water partition coefficient (Wildman–Crippen LogP) is 10.3. The maximum absolute atomic E-state index is 2.38. The Balaban J connectivity index is 1.03. The van der Waals surface area contributed by atoms with E-state index in [1.54, 1.807) is 0 Å². The number of hydrogen-bond donors (Lipinski definition) is 0. The molecule has 1 saturated carbocycles. The van der Waals surface area contributed by atoms with Crippen LogP contribution in [0.25, 0.3) is 33.8 Å². The van der Waals surface area contributed by atoms with Gasteiger partial charge in [-0.1, -0.05) is 54.6 Å². The van der Waals surface area contributed by atoms with Crippen LogP contribution in [-0.4, -0.2) is 0 Å². The molecule has 0 N–H and O–H groups in total. The van der Waals surface area contributed by atoms with E-state index in [0.717, 1.165) is 37.0 Å². The highest BCUT2D eigenvalue weighted by Crippen LogP contribution is 2.40. The largest absolute Gasteiger partial charge is 0.212 e. The standard InChI is InChI=1S/C51H60N3/c1-37-13-7-10-16-46(37)49-28-25-40(34-52(49)4)19-22-43-31-44(23-20-41-26-29-50(53(5)35-41)47-17-11-8-14-38(47)2)33-45(32-43)24-21-42-27-30-51(54(6)36-42)48-18-12-9-15-39(48)3/h7-18,25-30,34-36,43-45H,19-24,31-33H2,1-6H3/q+3. The number of aryl methyl sites for hydroxylation is 9. The van der Waals surface area contributed by atoms with Crippen molar-refractivity contribution in [3.05, 3.63) is 161 Å². The molecule has 3 heteroatoms. The number of rotatable bonds is 12. The van der Waals surface area contributed by atoms with Crippen LogP contribution in [0.3, 0.4) is 0 Å². The molecular formula is C51H60N3+3. The van der Waals surface area contributed by atoms with Crippen LogP contribution in [0.15, 0.2) is 128 Å². The van der Waals surface area contributed by atoms with Crippen LogP contribution < -0.4 is 13.7 Å². The highest BCUT2D eigenvalue weighted by Gasteiger charge is 2.29. The van der Waals surface area contributed by atoms with Crippen LogP contribution in [0.1, 0.15) is 71.9 Å². The van der Waals surface area contributed by atoms with E-state index in [2.05, 4.69) is 183 Å². The molecule has 0 amide bonds. The number of aromatic nitrogens is 3. The lowest BCUT2D eigenvalue weighted by atomic mass is 9.70. The molecule has 3 heterocycles. The van der Waals surface area contributed by atoms with Gasteiger partial charge in [-0.2, -0.15) is 0 Å². The third-order valence-electron chi connectivity index (χ3n) is 12.4. The average Bonchev–Trinajstić information content (AvgIpc) is 3.17. The Morgan fingerprint density at radius 2 is 0.667 bits per heavy atom. The summed E-state index contributed by atoms with van der Waals surface area (Å²) in [4.78, 5) is 0. The number of pyridine rings is 3. The molecule has 0 aliphatic heterocycles. The van der Waals surface area contributed by atoms with Crippen molar-refractivity contribution in [2.24, 2.45) is 38.9 Å². The lowest BCUT2D eigenvalue weighted by Crippen LogP contribution is -2.32. The summed E-state index contributed by atoms with van der Waals surface area (Å²) in [5.74, 6) is 2.32. The van der Waals surface area contributed by atoms with Gasteiger partial charge in [-0.3, -0.25) is 0 Å². The molecule has 6 aromatic rings. The van der Waals surface area contributed by atoms with Crippen LogP contribution in [0, 0.1) is 38.5 Å². The fraction of sp³-hybridized carbons (Fsp3) is 0.353. The minimum atomic E-state index is 0.772. The van der Waals surface area contributed by atoms with E-state index in [-0.39, 0.29) is 0 Å². The molecule has 276 valence electrons. The molecule has 3 nitrogen and oxygen atoms in total. The van der Waals surface area contributed by atoms with Crippen molar-refractivity contribution in [2.45, 2.75) is 78.6 Å². The van der Waals surface area contributed by atoms with Gasteiger partial charge < -0.3 is 0 Å². The van der Waals surface area contributed by atoms with E-state index >= 15 is 0 Å². The van der Waals surface area contributed by atoms with Crippen molar-refractivity contribution in [3.8, 4) is 33.8 Å². The Morgan fingerprint density at radius 3 is 0.926 bits per heavy atom. The van der Waals surface area contributed by atoms with E-state index in [4.69, 9.17) is 0 Å². The van der Waals surface area contributed by atoms with Crippen molar-refractivity contribution in [1.82, 2.24) is 0 Å². The van der Waals surface area contributed by atoms with Crippen LogP contribution in [0.2, 0.25) is 0 Å². The van der Waals surface area contributed by atoms with Gasteiger partial charge in [0.15, 0.2) is 18.6 Å². The normalized spacial score (nSPS) is 17.1. The molecule has 1 aliphatic carbocycles. The molecule has 0 bridgehead atoms. The van der Waals surface area contributed by atoms with Crippen LogP contribution in [0.5, 0.6) is 0 Å². The quantitative estimate of drug-likeness (QED) is 0.112. The molecule has 0 radical (unpaired) electrons. The smallest absolute Gasteiger partial charge is 0.201 e. The van der Waals surface area contributed by atoms with Gasteiger partial charge in [0, 0.05) is 51.6 Å². The molecular weight excluding hydrogens is 655 g/mol. The first-order valence-corrected chi connectivity index (χ1v) is 20.4. The summed E-state index contributed by atoms with van der Waals surface area (Å²) < 4.78 is 7.00. The van der Waals surface area contributed by atoms with Gasteiger partial charge in [0.2, 0.25) is 17.1 Å². The molecule has 3 aromatic heterocycles. The molecule has 54 heavy (non-hydrogen) atoms. The number of hydrogen-bond acceptors (Lipinski definition) is 0. The highest BCUT2D eigenvalue weighted by atomic mass is 14.9. The summed E-state index contributed by atoms with van der Waals surface area (Å²) >= 11 is 0. The maximum atomic E-state index is 2.38. The summed E-state index contributed by atoms with van der Waals surface area (Å²) in [6, 6.07) is 40.3. The average molecular weight is 715 g/mol. The Bertz CT molecular complexity index is 1960. The van der Waals surface area contributed by atoms with E-state index in [1.165, 1.54) is 106 Å². The Morgan fingerprint density at radius 1 is 0.389 bits per heavy atom. The van der Waals surface area contributed by atoms with Gasteiger partial charge in [-0.25, -0.2) is 13.7 Å². The first-order chi connectivity index (χ1) is 26.2. The van der Waals surface area contributed by atoms with Crippen molar-refractivity contribution in [1.29, 1.82) is 0 Å². The topological polar surface area (TPSA) is 11.6 Å². The molecule has 1 fully saturated rings. The summed E-state index contributed by atoms with van der Waals surface area (Å²) in [6.45, 7) is 6.63. The van der Waals surface area contributed by atoms with Crippen molar-refractivity contribution < 1.29 is 13.7 Å². The van der Waals surface area contributed by atoms with Gasteiger partial charge in [0.1, 0.15) is 21.1 Å². The molecule has 7 rings (SSSR count). The molecule has 1 aliphatic rings. The monoisotopic (exact) mass is 714 g/mol. The van der Waals surface area contributed by atoms with E-state index < -0.39 is 0 Å². The first-order valence-electron chi connectivity index (χ1n) is 20.4. The Hall–Kier alpha value is -4.89. The third-order valence-corrected chi connectivity index (χ3v) is 12.4. The van der Waals surface area contributed by atoms with Gasteiger partial charge in [0.25, 0.3) is 0 Å². The second-order valence-corrected chi connectivity index (χ2v) is 16.5. The van der Waals surface area contributed by atoms with Crippen LogP contribution in [-0.2, 0) is 40.4 Å². The molecule has 0 atom stereocenters. The molecule has 0 spiro atoms. The van der Waals surface area contributed by atoms with Crippen LogP contribution >= 0.6 is 0 Å². The van der Waals surface area contributed by atoms with Gasteiger partial charge in [-0.15, -0.1) is 0 Å². The van der Waals surface area contributed by atoms with E-state index in [1.807, 2.05) is 0 Å². The molecule has 0 unspecified atom stereocenters. The second-order valence-electron chi connectivity index (χ2n) is 16.5. The Kier molecular flexibility index (Phi) is 11.8. The molecule has 3 aromatic carbocycles. The summed E-state index contributed by atoms with van der Waals surface area (Å²) in [7, 11) is 6.62. The fourth-order valence-corrected chi connectivity index (χ4v) is 9.38. The van der Waals surface area contributed by atoms with E-state index in [9.17, 15) is 0 Å². The summed E-state index contributed by atoms with van der Waals surface area (Å²) in [5, 5.41) is 0. The van der Waals surface area contributed by atoms with Gasteiger partial charge >= 0.3 is 0 Å². The second kappa shape index (κ2) is 17.1. The van der Waals surface area contributed by atoms with Gasteiger partial charge in [0.05, 0.1) is 0 Å². The lowest BCUT2D eigenvalue weighted by molar-refractivity contribution is -0.661. The number of nitrogens with zero attached hydrogens (tertiary/aromatic N) is 3. The number of benzene rings is 3. The Labute approximate surface area is 325 Å². The zero-order valence-corrected chi connectivity index (χ0v) is 33.6. The van der Waals surface area contributed by atoms with Crippen molar-refractivity contribution >= 4 is 0 Å². The third kappa shape index (κ3) is 8.90. The van der Waals surface area contributed by atoms with E-state index in [0.29, 0.717) is 0 Å². The maximum Gasteiger partial charge on any atom is 0.212 e. The predicted molar refractivity (Wildman–Crippen MR) is 223 cm³/mol. The highest BCUT2D eigenvalue weighted by molar-refractivity contribution is 5.62. The van der Waals surface area contributed by atoms with Crippen LogP contribution in [0.4, 0.5) is 0 Å². The van der Waals surface area contributed by atoms with Crippen molar-refractivity contribution in [3.63, 3.8) is 0 Å². The fourth-order valence-electron chi connectivity index (χ4n) is 9.38. The van der Waals surface area contributed by atoms with Gasteiger partial charge in [-0.05, 0) is 149 Å². The lowest BCUT2D eigenvalue weighted by Gasteiger charge is -2.35. The zero-order chi connectivity index (χ0) is 37.6. The minimum absolute atomic E-state index is 0.772.